The third kappa shape index (κ3) is 7.74. The third-order valence-corrected chi connectivity index (χ3v) is 11.5. The maximum atomic E-state index is 2.53. The molecule has 0 spiro atoms. The minimum Gasteiger partial charge on any atom is -0.126 e. The fourth-order valence-electron chi connectivity index (χ4n) is 7.54. The van der Waals surface area contributed by atoms with Gasteiger partial charge in [0.05, 0.1) is 0 Å². The third-order valence-electron chi connectivity index (χ3n) is 10.3. The normalized spacial score (nSPS) is 14.2. The Kier molecular flexibility index (Phi) is 11.0. The SMILES string of the molecule is CCCC1=Cc2c(ccc3ccccc23)C1c1cc(C(C)(C)C)cc2c1[cH-]c1ccc(C(C)(C)C)cc12.[Zr].c1ccc([Si]c2ccccc2)cc1. The first kappa shape index (κ1) is 37.1. The summed E-state index contributed by atoms with van der Waals surface area (Å²) in [5.41, 5.74) is 8.96. The molecule has 7 aromatic rings. The van der Waals surface area contributed by atoms with Gasteiger partial charge in [-0.05, 0) is 39.2 Å². The number of allylic oxidation sites excluding steroid dienone is 1. The maximum absolute atomic E-state index is 2.53. The molecule has 2 radical (unpaired) electrons. The van der Waals surface area contributed by atoms with Crippen LogP contribution in [0.4, 0.5) is 0 Å². The Labute approximate surface area is 327 Å². The molecule has 1 unspecified atom stereocenters. The van der Waals surface area contributed by atoms with E-state index in [4.69, 9.17) is 0 Å². The molecule has 1 aliphatic carbocycles. The summed E-state index contributed by atoms with van der Waals surface area (Å²) in [5, 5.41) is 11.1. The molecular weight excluding hydrogens is 708 g/mol. The molecular formula is C49H49SiZr-. The van der Waals surface area contributed by atoms with E-state index in [1.54, 1.807) is 5.57 Å². The average molecular weight is 757 g/mol. The fourth-order valence-corrected chi connectivity index (χ4v) is 8.60. The molecule has 1 aliphatic rings. The van der Waals surface area contributed by atoms with Crippen LogP contribution in [0, 0.1) is 0 Å². The van der Waals surface area contributed by atoms with Crippen LogP contribution in [0.25, 0.3) is 38.4 Å². The molecule has 0 saturated carbocycles. The van der Waals surface area contributed by atoms with Gasteiger partial charge in [0.1, 0.15) is 9.52 Å². The second kappa shape index (κ2) is 15.1. The summed E-state index contributed by atoms with van der Waals surface area (Å²) in [5.74, 6) is 0.309. The predicted octanol–water partition coefficient (Wildman–Crippen LogP) is 12.1. The Morgan fingerprint density at radius 3 is 1.82 bits per heavy atom. The number of rotatable bonds is 5. The molecule has 0 nitrogen and oxygen atoms in total. The van der Waals surface area contributed by atoms with E-state index in [2.05, 4.69) is 188 Å². The molecule has 0 aromatic heterocycles. The minimum atomic E-state index is 0. The number of hydrogen-bond donors (Lipinski definition) is 0. The molecule has 0 fully saturated rings. The molecule has 0 N–H and O–H groups in total. The van der Waals surface area contributed by atoms with Crippen LogP contribution in [0.3, 0.4) is 0 Å². The van der Waals surface area contributed by atoms with Crippen molar-refractivity contribution in [2.24, 2.45) is 0 Å². The molecule has 2 heteroatoms. The first-order valence-electron chi connectivity index (χ1n) is 18.3. The largest absolute Gasteiger partial charge is 0.126 e. The summed E-state index contributed by atoms with van der Waals surface area (Å²) >= 11 is 0. The molecule has 0 heterocycles. The molecule has 1 atom stereocenters. The topological polar surface area (TPSA) is 0 Å². The van der Waals surface area contributed by atoms with Crippen molar-refractivity contribution in [2.75, 3.05) is 0 Å². The van der Waals surface area contributed by atoms with Crippen molar-refractivity contribution in [3.8, 4) is 0 Å². The van der Waals surface area contributed by atoms with Crippen molar-refractivity contribution >= 4 is 58.3 Å². The van der Waals surface area contributed by atoms with Gasteiger partial charge in [-0.3, -0.25) is 0 Å². The second-order valence-electron chi connectivity index (χ2n) is 16.0. The second-order valence-corrected chi connectivity index (χ2v) is 17.4. The van der Waals surface area contributed by atoms with Crippen molar-refractivity contribution in [3.05, 3.63) is 167 Å². The first-order chi connectivity index (χ1) is 24.0. The monoisotopic (exact) mass is 755 g/mol. The average Bonchev–Trinajstić information content (AvgIpc) is 3.66. The minimum absolute atomic E-state index is 0. The van der Waals surface area contributed by atoms with Gasteiger partial charge in [-0.25, -0.2) is 0 Å². The van der Waals surface area contributed by atoms with E-state index in [-0.39, 0.29) is 37.0 Å². The summed E-state index contributed by atoms with van der Waals surface area (Å²) < 4.78 is 0. The molecule has 0 aliphatic heterocycles. The van der Waals surface area contributed by atoms with E-state index in [1.165, 1.54) is 70.5 Å². The summed E-state index contributed by atoms with van der Waals surface area (Å²) in [6, 6.07) is 49.3. The molecule has 8 rings (SSSR count). The Bertz CT molecular complexity index is 2270. The van der Waals surface area contributed by atoms with Crippen LogP contribution < -0.4 is 10.4 Å². The van der Waals surface area contributed by atoms with Crippen molar-refractivity contribution < 1.29 is 26.2 Å². The summed E-state index contributed by atoms with van der Waals surface area (Å²) in [6.45, 7) is 16.3. The summed E-state index contributed by atoms with van der Waals surface area (Å²) in [4.78, 5) is 0. The van der Waals surface area contributed by atoms with Crippen LogP contribution >= 0.6 is 0 Å². The van der Waals surface area contributed by atoms with Crippen LogP contribution in [-0.4, -0.2) is 9.52 Å². The van der Waals surface area contributed by atoms with Gasteiger partial charge in [0, 0.05) is 32.1 Å². The van der Waals surface area contributed by atoms with Crippen LogP contribution in [0.5, 0.6) is 0 Å². The Morgan fingerprint density at radius 2 is 1.20 bits per heavy atom. The Hall–Kier alpha value is -3.71. The molecule has 254 valence electrons. The quantitative estimate of drug-likeness (QED) is 0.121. The van der Waals surface area contributed by atoms with E-state index < -0.39 is 0 Å². The van der Waals surface area contributed by atoms with Crippen molar-refractivity contribution in [2.45, 2.75) is 78.1 Å². The van der Waals surface area contributed by atoms with Crippen molar-refractivity contribution in [1.29, 1.82) is 0 Å². The standard InChI is InChI=1S/C37H39.C12H10Si.Zr/c1-8-11-25-19-31-28-13-10-9-12-23(28)15-17-29(31)35(25)34-22-27(37(5,6)7)21-33-30-20-26(36(2,3)4)16-14-24(30)18-32(33)34;1-3-7-11(8-4-1)13-12-9-5-2-6-10-12;/h9-10,12-22,35H,8,11H2,1-7H3;1-10H;/q-1;;. The molecule has 0 bridgehead atoms. The van der Waals surface area contributed by atoms with Crippen LogP contribution in [0.15, 0.2) is 139 Å². The zero-order valence-electron chi connectivity index (χ0n) is 31.3. The van der Waals surface area contributed by atoms with Crippen LogP contribution in [0.1, 0.15) is 95.0 Å². The Balaban J connectivity index is 0.000000269. The summed E-state index contributed by atoms with van der Waals surface area (Å²) in [6.07, 6.45) is 4.80. The van der Waals surface area contributed by atoms with Gasteiger partial charge in [0.15, 0.2) is 0 Å². The van der Waals surface area contributed by atoms with Gasteiger partial charge in [-0.15, -0.1) is 33.7 Å². The molecule has 51 heavy (non-hydrogen) atoms. The molecule has 7 aromatic carbocycles. The van der Waals surface area contributed by atoms with E-state index in [1.807, 2.05) is 0 Å². The van der Waals surface area contributed by atoms with E-state index >= 15 is 0 Å². The fraction of sp³-hybridized carbons (Fsp3) is 0.245. The van der Waals surface area contributed by atoms with Gasteiger partial charge >= 0.3 is 0 Å². The van der Waals surface area contributed by atoms with E-state index in [0.29, 0.717) is 5.92 Å². The van der Waals surface area contributed by atoms with Gasteiger partial charge < -0.3 is 0 Å². The van der Waals surface area contributed by atoms with Gasteiger partial charge in [-0.2, -0.15) is 0 Å². The summed E-state index contributed by atoms with van der Waals surface area (Å²) in [7, 11) is 0.777. The van der Waals surface area contributed by atoms with Gasteiger partial charge in [0.25, 0.3) is 0 Å². The number of hydrogen-bond acceptors (Lipinski definition) is 0. The van der Waals surface area contributed by atoms with E-state index in [9.17, 15) is 0 Å². The van der Waals surface area contributed by atoms with Crippen LogP contribution in [0.2, 0.25) is 0 Å². The molecule has 0 amide bonds. The van der Waals surface area contributed by atoms with Gasteiger partial charge in [0.2, 0.25) is 0 Å². The Morgan fingerprint density at radius 1 is 0.588 bits per heavy atom. The zero-order chi connectivity index (χ0) is 35.0. The van der Waals surface area contributed by atoms with Crippen molar-refractivity contribution in [3.63, 3.8) is 0 Å². The smallest absolute Gasteiger partial charge is 0.121 e. The van der Waals surface area contributed by atoms with Crippen molar-refractivity contribution in [1.82, 2.24) is 0 Å². The maximum Gasteiger partial charge on any atom is 0.121 e. The van der Waals surface area contributed by atoms with Gasteiger partial charge in [-0.1, -0.05) is 215 Å². The zero-order valence-corrected chi connectivity index (χ0v) is 34.7. The predicted molar refractivity (Wildman–Crippen MR) is 221 cm³/mol. The van der Waals surface area contributed by atoms with E-state index in [0.717, 1.165) is 22.4 Å². The number of benzene rings is 6. The molecule has 0 saturated heterocycles. The number of fused-ring (bicyclic) bond motifs is 6. The van der Waals surface area contributed by atoms with Crippen LogP contribution in [-0.2, 0) is 37.0 Å². The first-order valence-corrected chi connectivity index (χ1v) is 19.3.